The summed E-state index contributed by atoms with van der Waals surface area (Å²) in [7, 11) is 0. The molecule has 3 heterocycles. The first-order chi connectivity index (χ1) is 14.0. The Morgan fingerprint density at radius 1 is 0.897 bits per heavy atom. The fraction of sp³-hybridized carbons (Fsp3) is 0. The van der Waals surface area contributed by atoms with E-state index in [9.17, 15) is 14.4 Å². The van der Waals surface area contributed by atoms with Gasteiger partial charge < -0.3 is 5.73 Å². The third kappa shape index (κ3) is 2.58. The van der Waals surface area contributed by atoms with Crippen molar-refractivity contribution in [2.24, 2.45) is 0 Å². The van der Waals surface area contributed by atoms with Crippen molar-refractivity contribution in [1.82, 2.24) is 19.9 Å². The predicted octanol–water partition coefficient (Wildman–Crippen LogP) is 1.91. The van der Waals surface area contributed by atoms with Crippen LogP contribution in [0.15, 0.2) is 65.6 Å². The fourth-order valence-corrected chi connectivity index (χ4v) is 3.45. The molecule has 5 rings (SSSR count). The number of anilines is 1. The van der Waals surface area contributed by atoms with E-state index in [1.165, 1.54) is 4.57 Å². The number of carbonyl (C=O) groups excluding carboxylic acids is 2. The van der Waals surface area contributed by atoms with Gasteiger partial charge in [0, 0.05) is 11.6 Å². The number of fused-ring (bicyclic) bond motifs is 2. The number of nitrogens with two attached hydrogens (primary N) is 1. The largest absolute Gasteiger partial charge is 0.384 e. The maximum Gasteiger partial charge on any atom is 0.262 e. The van der Waals surface area contributed by atoms with Crippen LogP contribution in [0.2, 0.25) is 0 Å². The maximum absolute atomic E-state index is 12.6. The van der Waals surface area contributed by atoms with Crippen molar-refractivity contribution in [3.63, 3.8) is 0 Å². The zero-order valence-electron chi connectivity index (χ0n) is 14.9. The smallest absolute Gasteiger partial charge is 0.262 e. The molecule has 140 valence electrons. The summed E-state index contributed by atoms with van der Waals surface area (Å²) in [5.41, 5.74) is 8.94. The number of pyridine rings is 1. The van der Waals surface area contributed by atoms with Gasteiger partial charge in [-0.25, -0.2) is 4.98 Å². The molecule has 29 heavy (non-hydrogen) atoms. The second-order valence-corrected chi connectivity index (χ2v) is 6.57. The molecule has 0 saturated heterocycles. The summed E-state index contributed by atoms with van der Waals surface area (Å²) in [5, 5.41) is 2.15. The molecular formula is C21H13N5O3. The minimum Gasteiger partial charge on any atom is -0.384 e. The van der Waals surface area contributed by atoms with E-state index in [0.717, 1.165) is 22.7 Å². The number of carbonyl (C=O) groups is 2. The van der Waals surface area contributed by atoms with Crippen LogP contribution in [0.1, 0.15) is 20.7 Å². The summed E-state index contributed by atoms with van der Waals surface area (Å²) in [5.74, 6) is -1.33. The van der Waals surface area contributed by atoms with E-state index in [1.807, 2.05) is 30.3 Å². The molecule has 3 N–H and O–H groups in total. The molecule has 2 aromatic heterocycles. The highest BCUT2D eigenvalue weighted by molar-refractivity contribution is 6.23. The molecule has 0 saturated carbocycles. The molecule has 0 bridgehead atoms. The van der Waals surface area contributed by atoms with E-state index in [-0.39, 0.29) is 16.9 Å². The number of para-hydroxylation sites is 2. The molecule has 4 aromatic rings. The van der Waals surface area contributed by atoms with Crippen molar-refractivity contribution in [3.05, 3.63) is 82.3 Å². The molecule has 1 aliphatic rings. The summed E-state index contributed by atoms with van der Waals surface area (Å²) in [6.07, 6.45) is 1.66. The van der Waals surface area contributed by atoms with Gasteiger partial charge >= 0.3 is 0 Å². The minimum absolute atomic E-state index is 0.00509. The molecule has 1 aliphatic heterocycles. The van der Waals surface area contributed by atoms with Crippen molar-refractivity contribution in [3.8, 4) is 16.9 Å². The number of nitrogens with one attached hydrogen (secondary N) is 1. The first-order valence-electron chi connectivity index (χ1n) is 8.77. The highest BCUT2D eigenvalue weighted by atomic mass is 16.2. The number of hydrogen-bond acceptors (Lipinski definition) is 6. The van der Waals surface area contributed by atoms with E-state index in [4.69, 9.17) is 5.73 Å². The molecule has 8 nitrogen and oxygen atoms in total. The number of amides is 2. The molecule has 2 amide bonds. The third-order valence-electron chi connectivity index (χ3n) is 4.80. The van der Waals surface area contributed by atoms with Crippen LogP contribution < -0.4 is 16.6 Å². The van der Waals surface area contributed by atoms with Crippen molar-refractivity contribution in [1.29, 1.82) is 0 Å². The molecule has 0 radical (unpaired) electrons. The quantitative estimate of drug-likeness (QED) is 0.510. The van der Waals surface area contributed by atoms with Gasteiger partial charge in [-0.05, 0) is 24.3 Å². The van der Waals surface area contributed by atoms with E-state index >= 15 is 0 Å². The molecule has 0 unspecified atom stereocenters. The van der Waals surface area contributed by atoms with Crippen molar-refractivity contribution >= 4 is 28.7 Å². The van der Waals surface area contributed by atoms with E-state index in [0.29, 0.717) is 11.4 Å². The van der Waals surface area contributed by atoms with Gasteiger partial charge in [-0.2, -0.15) is 0 Å². The Kier molecular flexibility index (Phi) is 3.53. The SMILES string of the molecule is Nc1c2c(cc(=O)n1-c1cccc(-c3cnc4ccccc4n3)c1)C(=O)NC2=O. The van der Waals surface area contributed by atoms with E-state index < -0.39 is 17.4 Å². The zero-order chi connectivity index (χ0) is 20.1. The van der Waals surface area contributed by atoms with Crippen LogP contribution >= 0.6 is 0 Å². The molecule has 2 aromatic carbocycles. The molecule has 0 atom stereocenters. The average Bonchev–Trinajstić information content (AvgIpc) is 3.01. The standard InChI is InChI=1S/C21H13N5O3/c22-19-18-13(20(28)25-21(18)29)9-17(27)26(19)12-5-3-4-11(8-12)16-10-23-14-6-1-2-7-15(14)24-16/h1-10H,22H2,(H,25,28,29). The number of nitrogen functional groups attached to an aromatic ring is 1. The maximum atomic E-state index is 12.6. The summed E-state index contributed by atoms with van der Waals surface area (Å²) < 4.78 is 1.20. The molecule has 0 aliphatic carbocycles. The summed E-state index contributed by atoms with van der Waals surface area (Å²) in [6, 6.07) is 15.7. The number of hydrogen-bond donors (Lipinski definition) is 2. The number of aromatic nitrogens is 3. The first kappa shape index (κ1) is 16.8. The van der Waals surface area contributed by atoms with Gasteiger partial charge in [-0.15, -0.1) is 0 Å². The van der Waals surface area contributed by atoms with Gasteiger partial charge in [0.25, 0.3) is 17.4 Å². The normalized spacial score (nSPS) is 12.8. The molecular weight excluding hydrogens is 370 g/mol. The lowest BCUT2D eigenvalue weighted by atomic mass is 10.1. The van der Waals surface area contributed by atoms with Crippen LogP contribution in [0.3, 0.4) is 0 Å². The highest BCUT2D eigenvalue weighted by Crippen LogP contribution is 2.25. The van der Waals surface area contributed by atoms with Gasteiger partial charge in [0.05, 0.1) is 39.7 Å². The zero-order valence-corrected chi connectivity index (χ0v) is 14.9. The van der Waals surface area contributed by atoms with Gasteiger partial charge in [0.1, 0.15) is 5.82 Å². The average molecular weight is 383 g/mol. The Balaban J connectivity index is 1.67. The number of rotatable bonds is 2. The third-order valence-corrected chi connectivity index (χ3v) is 4.80. The Morgan fingerprint density at radius 2 is 1.69 bits per heavy atom. The van der Waals surface area contributed by atoms with Crippen LogP contribution in [-0.2, 0) is 0 Å². The van der Waals surface area contributed by atoms with E-state index in [1.54, 1.807) is 24.4 Å². The van der Waals surface area contributed by atoms with E-state index in [2.05, 4.69) is 15.3 Å². The number of imide groups is 1. The van der Waals surface area contributed by atoms with Crippen LogP contribution in [0.4, 0.5) is 5.82 Å². The second kappa shape index (κ2) is 6.10. The number of benzene rings is 2. The number of nitrogens with zero attached hydrogens (tertiary/aromatic N) is 3. The predicted molar refractivity (Wildman–Crippen MR) is 107 cm³/mol. The second-order valence-electron chi connectivity index (χ2n) is 6.57. The van der Waals surface area contributed by atoms with Crippen LogP contribution in [0.5, 0.6) is 0 Å². The lowest BCUT2D eigenvalue weighted by molar-refractivity contribution is 0.0880. The topological polar surface area (TPSA) is 120 Å². The van der Waals surface area contributed by atoms with Gasteiger partial charge in [-0.1, -0.05) is 24.3 Å². The van der Waals surface area contributed by atoms with Gasteiger partial charge in [0.2, 0.25) is 0 Å². The molecule has 8 heteroatoms. The Hall–Kier alpha value is -4.33. The van der Waals surface area contributed by atoms with Crippen molar-refractivity contribution in [2.75, 3.05) is 5.73 Å². The summed E-state index contributed by atoms with van der Waals surface area (Å²) in [6.45, 7) is 0. The highest BCUT2D eigenvalue weighted by Gasteiger charge is 2.31. The monoisotopic (exact) mass is 383 g/mol. The van der Waals surface area contributed by atoms with Crippen LogP contribution in [0, 0.1) is 0 Å². The molecule has 0 spiro atoms. The van der Waals surface area contributed by atoms with Gasteiger partial charge in [0.15, 0.2) is 0 Å². The van der Waals surface area contributed by atoms with Crippen LogP contribution in [-0.4, -0.2) is 26.3 Å². The fourth-order valence-electron chi connectivity index (χ4n) is 3.45. The van der Waals surface area contributed by atoms with Crippen LogP contribution in [0.25, 0.3) is 28.0 Å². The first-order valence-corrected chi connectivity index (χ1v) is 8.77. The lowest BCUT2D eigenvalue weighted by Crippen LogP contribution is -2.24. The minimum atomic E-state index is -0.624. The Morgan fingerprint density at radius 3 is 2.52 bits per heavy atom. The lowest BCUT2D eigenvalue weighted by Gasteiger charge is -2.13. The van der Waals surface area contributed by atoms with Gasteiger partial charge in [-0.3, -0.25) is 29.3 Å². The van der Waals surface area contributed by atoms with Crippen molar-refractivity contribution in [2.45, 2.75) is 0 Å². The summed E-state index contributed by atoms with van der Waals surface area (Å²) >= 11 is 0. The molecule has 0 fully saturated rings. The Bertz CT molecular complexity index is 1410. The van der Waals surface area contributed by atoms with Crippen molar-refractivity contribution < 1.29 is 9.59 Å². The Labute approximate surface area is 163 Å². The summed E-state index contributed by atoms with van der Waals surface area (Å²) in [4.78, 5) is 45.6.